The van der Waals surface area contributed by atoms with Crippen LogP contribution in [0.4, 0.5) is 0 Å². The summed E-state index contributed by atoms with van der Waals surface area (Å²) >= 11 is 0. The van der Waals surface area contributed by atoms with Crippen LogP contribution in [0.3, 0.4) is 0 Å². The molecule has 1 N–H and O–H groups in total. The summed E-state index contributed by atoms with van der Waals surface area (Å²) in [7, 11) is 1.70. The molecule has 0 bridgehead atoms. The number of allylic oxidation sites excluding steroid dienone is 1. The van der Waals surface area contributed by atoms with Gasteiger partial charge >= 0.3 is 0 Å². The molecular formula is C22H19NO. The second-order valence-electron chi connectivity index (χ2n) is 5.94. The number of aromatic nitrogens is 1. The van der Waals surface area contributed by atoms with Gasteiger partial charge in [0.15, 0.2) is 0 Å². The predicted molar refractivity (Wildman–Crippen MR) is 101 cm³/mol. The van der Waals surface area contributed by atoms with E-state index >= 15 is 0 Å². The van der Waals surface area contributed by atoms with Crippen molar-refractivity contribution < 1.29 is 4.74 Å². The van der Waals surface area contributed by atoms with E-state index in [0.717, 1.165) is 11.3 Å². The van der Waals surface area contributed by atoms with Gasteiger partial charge in [0.2, 0.25) is 0 Å². The lowest BCUT2D eigenvalue weighted by molar-refractivity contribution is 0.415. The number of aromatic amines is 1. The molecule has 0 aliphatic carbocycles. The van der Waals surface area contributed by atoms with Crippen molar-refractivity contribution in [2.45, 2.75) is 5.92 Å². The zero-order valence-electron chi connectivity index (χ0n) is 13.6. The van der Waals surface area contributed by atoms with Crippen molar-refractivity contribution in [3.05, 3.63) is 90.6 Å². The van der Waals surface area contributed by atoms with Gasteiger partial charge in [-0.1, -0.05) is 48.5 Å². The zero-order chi connectivity index (χ0) is 16.5. The molecule has 1 atom stereocenters. The Kier molecular flexibility index (Phi) is 3.58. The maximum atomic E-state index is 5.40. The molecule has 1 unspecified atom stereocenters. The number of rotatable bonds is 4. The Balaban J connectivity index is 1.94. The van der Waals surface area contributed by atoms with E-state index in [2.05, 4.69) is 72.4 Å². The van der Waals surface area contributed by atoms with E-state index in [9.17, 15) is 0 Å². The van der Waals surface area contributed by atoms with E-state index in [-0.39, 0.29) is 5.92 Å². The van der Waals surface area contributed by atoms with Crippen LogP contribution in [0.25, 0.3) is 21.7 Å². The van der Waals surface area contributed by atoms with Gasteiger partial charge in [0.05, 0.1) is 7.11 Å². The summed E-state index contributed by atoms with van der Waals surface area (Å²) in [6.07, 6.45) is 4.10. The van der Waals surface area contributed by atoms with Crippen LogP contribution in [0.2, 0.25) is 0 Å². The molecule has 0 saturated carbocycles. The first-order valence-corrected chi connectivity index (χ1v) is 8.07. The number of H-pyrrole nitrogens is 1. The standard InChI is InChI=1S/C22H19NO/c1-3-17(19-10-6-8-15-7-4-5-9-18(15)19)21-14-23-22-12-11-16(24-2)13-20(21)22/h3-14,17,23H,1H2,2H3. The average molecular weight is 313 g/mol. The highest BCUT2D eigenvalue weighted by Crippen LogP contribution is 2.36. The molecule has 0 amide bonds. The minimum absolute atomic E-state index is 0.122. The molecule has 4 rings (SSSR count). The number of nitrogens with one attached hydrogen (secondary N) is 1. The third-order valence-electron chi connectivity index (χ3n) is 4.65. The van der Waals surface area contributed by atoms with Gasteiger partial charge in [-0.15, -0.1) is 6.58 Å². The molecule has 2 nitrogen and oxygen atoms in total. The molecule has 0 aliphatic rings. The van der Waals surface area contributed by atoms with Crippen molar-refractivity contribution >= 4 is 21.7 Å². The summed E-state index contributed by atoms with van der Waals surface area (Å²) < 4.78 is 5.40. The second-order valence-corrected chi connectivity index (χ2v) is 5.94. The van der Waals surface area contributed by atoms with E-state index < -0.39 is 0 Å². The van der Waals surface area contributed by atoms with Crippen LogP contribution in [0.15, 0.2) is 79.5 Å². The van der Waals surface area contributed by atoms with E-state index in [4.69, 9.17) is 4.74 Å². The molecular weight excluding hydrogens is 294 g/mol. The number of hydrogen-bond acceptors (Lipinski definition) is 1. The number of hydrogen-bond donors (Lipinski definition) is 1. The molecule has 0 spiro atoms. The van der Waals surface area contributed by atoms with Gasteiger partial charge in [0.1, 0.15) is 5.75 Å². The van der Waals surface area contributed by atoms with Gasteiger partial charge in [-0.2, -0.15) is 0 Å². The topological polar surface area (TPSA) is 25.0 Å². The molecule has 3 aromatic carbocycles. The zero-order valence-corrected chi connectivity index (χ0v) is 13.6. The van der Waals surface area contributed by atoms with E-state index in [1.54, 1.807) is 7.11 Å². The van der Waals surface area contributed by atoms with Crippen molar-refractivity contribution in [1.29, 1.82) is 0 Å². The van der Waals surface area contributed by atoms with Gasteiger partial charge in [-0.3, -0.25) is 0 Å². The second kappa shape index (κ2) is 5.89. The highest BCUT2D eigenvalue weighted by molar-refractivity contribution is 5.90. The summed E-state index contributed by atoms with van der Waals surface area (Å²) in [4.78, 5) is 3.37. The molecule has 24 heavy (non-hydrogen) atoms. The van der Waals surface area contributed by atoms with E-state index in [1.165, 1.54) is 27.3 Å². The van der Waals surface area contributed by atoms with Crippen LogP contribution in [-0.4, -0.2) is 12.1 Å². The molecule has 0 fully saturated rings. The van der Waals surface area contributed by atoms with Gasteiger partial charge in [0.25, 0.3) is 0 Å². The molecule has 0 aliphatic heterocycles. The molecule has 2 heteroatoms. The SMILES string of the molecule is C=CC(c1cccc2ccccc12)c1c[nH]c2ccc(OC)cc12. The van der Waals surface area contributed by atoms with Crippen molar-refractivity contribution in [2.24, 2.45) is 0 Å². The summed E-state index contributed by atoms with van der Waals surface area (Å²) in [6, 6.07) is 21.1. The minimum Gasteiger partial charge on any atom is -0.497 e. The first-order valence-electron chi connectivity index (χ1n) is 8.07. The van der Waals surface area contributed by atoms with Crippen molar-refractivity contribution in [3.8, 4) is 5.75 Å². The molecule has 4 aromatic rings. The van der Waals surface area contributed by atoms with Gasteiger partial charge in [-0.25, -0.2) is 0 Å². The Bertz CT molecular complexity index is 1020. The Hall–Kier alpha value is -3.00. The van der Waals surface area contributed by atoms with Crippen molar-refractivity contribution in [2.75, 3.05) is 7.11 Å². The Morgan fingerprint density at radius 2 is 1.79 bits per heavy atom. The lowest BCUT2D eigenvalue weighted by Gasteiger charge is -2.15. The summed E-state index contributed by atoms with van der Waals surface area (Å²) in [5, 5.41) is 3.69. The number of fused-ring (bicyclic) bond motifs is 2. The van der Waals surface area contributed by atoms with Gasteiger partial charge < -0.3 is 9.72 Å². The lowest BCUT2D eigenvalue weighted by atomic mass is 9.88. The molecule has 118 valence electrons. The van der Waals surface area contributed by atoms with Crippen LogP contribution in [0.5, 0.6) is 5.75 Å². The molecule has 1 aromatic heterocycles. The first-order chi connectivity index (χ1) is 11.8. The third-order valence-corrected chi connectivity index (χ3v) is 4.65. The number of ether oxygens (including phenoxy) is 1. The number of benzene rings is 3. The number of methoxy groups -OCH3 is 1. The summed E-state index contributed by atoms with van der Waals surface area (Å²) in [6.45, 7) is 4.10. The van der Waals surface area contributed by atoms with E-state index in [1.807, 2.05) is 12.1 Å². The molecule has 1 heterocycles. The average Bonchev–Trinajstić information content (AvgIpc) is 3.05. The third kappa shape index (κ3) is 2.28. The molecule has 0 radical (unpaired) electrons. The fraction of sp³-hybridized carbons (Fsp3) is 0.0909. The van der Waals surface area contributed by atoms with Crippen LogP contribution in [-0.2, 0) is 0 Å². The van der Waals surface area contributed by atoms with Gasteiger partial charge in [0, 0.05) is 23.0 Å². The Morgan fingerprint density at radius 1 is 0.958 bits per heavy atom. The lowest BCUT2D eigenvalue weighted by Crippen LogP contribution is -1.98. The first kappa shape index (κ1) is 14.6. The summed E-state index contributed by atoms with van der Waals surface area (Å²) in [5.41, 5.74) is 3.60. The monoisotopic (exact) mass is 313 g/mol. The predicted octanol–water partition coefficient (Wildman–Crippen LogP) is 5.65. The summed E-state index contributed by atoms with van der Waals surface area (Å²) in [5.74, 6) is 0.987. The quantitative estimate of drug-likeness (QED) is 0.484. The highest BCUT2D eigenvalue weighted by atomic mass is 16.5. The van der Waals surface area contributed by atoms with E-state index in [0.29, 0.717) is 0 Å². The van der Waals surface area contributed by atoms with Crippen LogP contribution < -0.4 is 4.74 Å². The maximum Gasteiger partial charge on any atom is 0.119 e. The normalized spacial score (nSPS) is 12.4. The Labute approximate surface area is 141 Å². The highest BCUT2D eigenvalue weighted by Gasteiger charge is 2.17. The van der Waals surface area contributed by atoms with Crippen molar-refractivity contribution in [3.63, 3.8) is 0 Å². The fourth-order valence-corrected chi connectivity index (χ4v) is 3.45. The Morgan fingerprint density at radius 3 is 2.62 bits per heavy atom. The maximum absolute atomic E-state index is 5.40. The fourth-order valence-electron chi connectivity index (χ4n) is 3.45. The smallest absolute Gasteiger partial charge is 0.119 e. The largest absolute Gasteiger partial charge is 0.497 e. The minimum atomic E-state index is 0.122. The van der Waals surface area contributed by atoms with Crippen LogP contribution in [0, 0.1) is 0 Å². The van der Waals surface area contributed by atoms with Crippen LogP contribution >= 0.6 is 0 Å². The molecule has 0 saturated heterocycles. The van der Waals surface area contributed by atoms with Gasteiger partial charge in [-0.05, 0) is 40.1 Å². The van der Waals surface area contributed by atoms with Crippen molar-refractivity contribution in [1.82, 2.24) is 4.98 Å². The van der Waals surface area contributed by atoms with Crippen LogP contribution in [0.1, 0.15) is 17.0 Å².